The first-order chi connectivity index (χ1) is 9.80. The van der Waals surface area contributed by atoms with E-state index < -0.39 is 15.6 Å². The lowest BCUT2D eigenvalue weighted by Crippen LogP contribution is -2.54. The molecular weight excluding hydrogens is 290 g/mol. The smallest absolute Gasteiger partial charge is 0.241 e. The summed E-state index contributed by atoms with van der Waals surface area (Å²) in [4.78, 5) is 0.312. The SMILES string of the molecule is Cc1cc(C)c(S(=O)(=O)NC2(CO)CCOCC2)c(C)c1. The Bertz CT molecular complexity index is 596. The van der Waals surface area contributed by atoms with Crippen molar-refractivity contribution in [1.29, 1.82) is 0 Å². The fraction of sp³-hybridized carbons (Fsp3) is 0.600. The highest BCUT2D eigenvalue weighted by Crippen LogP contribution is 2.27. The summed E-state index contributed by atoms with van der Waals surface area (Å²) in [6.45, 7) is 6.22. The van der Waals surface area contributed by atoms with Gasteiger partial charge >= 0.3 is 0 Å². The molecule has 2 rings (SSSR count). The van der Waals surface area contributed by atoms with Crippen LogP contribution < -0.4 is 4.72 Å². The number of aliphatic hydroxyl groups is 1. The van der Waals surface area contributed by atoms with Crippen molar-refractivity contribution < 1.29 is 18.3 Å². The van der Waals surface area contributed by atoms with E-state index >= 15 is 0 Å². The minimum Gasteiger partial charge on any atom is -0.394 e. The van der Waals surface area contributed by atoms with E-state index in [1.807, 2.05) is 19.1 Å². The van der Waals surface area contributed by atoms with Gasteiger partial charge in [-0.3, -0.25) is 0 Å². The van der Waals surface area contributed by atoms with Crippen molar-refractivity contribution >= 4 is 10.0 Å². The van der Waals surface area contributed by atoms with Crippen molar-refractivity contribution in [3.63, 3.8) is 0 Å². The Labute approximate surface area is 126 Å². The van der Waals surface area contributed by atoms with Gasteiger partial charge in [-0.15, -0.1) is 0 Å². The van der Waals surface area contributed by atoms with Crippen molar-refractivity contribution in [2.24, 2.45) is 0 Å². The Morgan fingerprint density at radius 2 is 1.71 bits per heavy atom. The van der Waals surface area contributed by atoms with Gasteiger partial charge in [-0.05, 0) is 44.7 Å². The van der Waals surface area contributed by atoms with Crippen LogP contribution in [0.4, 0.5) is 0 Å². The predicted octanol–water partition coefficient (Wildman–Crippen LogP) is 1.43. The molecule has 0 radical (unpaired) electrons. The van der Waals surface area contributed by atoms with Crippen molar-refractivity contribution in [2.45, 2.75) is 44.0 Å². The summed E-state index contributed by atoms with van der Waals surface area (Å²) >= 11 is 0. The fourth-order valence-electron chi connectivity index (χ4n) is 2.98. The normalized spacial score (nSPS) is 18.7. The van der Waals surface area contributed by atoms with E-state index in [1.54, 1.807) is 13.8 Å². The summed E-state index contributed by atoms with van der Waals surface area (Å²) in [7, 11) is -3.67. The van der Waals surface area contributed by atoms with Gasteiger partial charge in [0.15, 0.2) is 0 Å². The molecule has 1 aliphatic rings. The van der Waals surface area contributed by atoms with Crippen molar-refractivity contribution in [3.8, 4) is 0 Å². The van der Waals surface area contributed by atoms with Crippen LogP contribution in [0.25, 0.3) is 0 Å². The van der Waals surface area contributed by atoms with Gasteiger partial charge in [0.05, 0.1) is 17.0 Å². The van der Waals surface area contributed by atoms with Crippen molar-refractivity contribution in [3.05, 3.63) is 28.8 Å². The third-order valence-corrected chi connectivity index (χ3v) is 5.86. The maximum atomic E-state index is 12.8. The van der Waals surface area contributed by atoms with E-state index in [2.05, 4.69) is 4.72 Å². The van der Waals surface area contributed by atoms with E-state index in [-0.39, 0.29) is 6.61 Å². The highest BCUT2D eigenvalue weighted by atomic mass is 32.2. The first-order valence-corrected chi connectivity index (χ1v) is 8.58. The molecule has 0 unspecified atom stereocenters. The zero-order valence-electron chi connectivity index (χ0n) is 12.8. The van der Waals surface area contributed by atoms with E-state index in [0.717, 1.165) is 16.7 Å². The standard InChI is InChI=1S/C15H23NO4S/c1-11-8-12(2)14(13(3)9-11)21(18,19)16-15(10-17)4-6-20-7-5-15/h8-9,16-17H,4-7,10H2,1-3H3. The van der Waals surface area contributed by atoms with Crippen LogP contribution in [0, 0.1) is 20.8 Å². The molecule has 0 amide bonds. The second-order valence-corrected chi connectivity index (χ2v) is 7.50. The minimum atomic E-state index is -3.67. The predicted molar refractivity (Wildman–Crippen MR) is 80.8 cm³/mol. The maximum Gasteiger partial charge on any atom is 0.241 e. The monoisotopic (exact) mass is 313 g/mol. The minimum absolute atomic E-state index is 0.223. The maximum absolute atomic E-state index is 12.8. The highest BCUT2D eigenvalue weighted by molar-refractivity contribution is 7.89. The summed E-state index contributed by atoms with van der Waals surface area (Å²) in [6, 6.07) is 3.72. The summed E-state index contributed by atoms with van der Waals surface area (Å²) < 4.78 is 33.5. The van der Waals surface area contributed by atoms with E-state index in [9.17, 15) is 13.5 Å². The van der Waals surface area contributed by atoms with Crippen LogP contribution in [0.15, 0.2) is 17.0 Å². The topological polar surface area (TPSA) is 75.6 Å². The Hall–Kier alpha value is -0.950. The summed E-state index contributed by atoms with van der Waals surface area (Å²) in [6.07, 6.45) is 0.958. The van der Waals surface area contributed by atoms with Crippen LogP contribution >= 0.6 is 0 Å². The number of benzene rings is 1. The molecule has 0 aliphatic carbocycles. The molecule has 0 atom stereocenters. The third-order valence-electron chi connectivity index (χ3n) is 3.98. The van der Waals surface area contributed by atoms with Crippen molar-refractivity contribution in [1.82, 2.24) is 4.72 Å². The lowest BCUT2D eigenvalue weighted by molar-refractivity contribution is 0.0223. The third kappa shape index (κ3) is 3.45. The molecule has 5 nitrogen and oxygen atoms in total. The Morgan fingerprint density at radius 3 is 2.19 bits per heavy atom. The Morgan fingerprint density at radius 1 is 1.19 bits per heavy atom. The molecular formula is C15H23NO4S. The first-order valence-electron chi connectivity index (χ1n) is 7.10. The molecule has 0 saturated carbocycles. The van der Waals surface area contributed by atoms with Crippen LogP contribution in [0.3, 0.4) is 0 Å². The Kier molecular flexibility index (Phi) is 4.72. The number of ether oxygens (including phenoxy) is 1. The molecule has 0 bridgehead atoms. The highest BCUT2D eigenvalue weighted by Gasteiger charge is 2.37. The Balaban J connectivity index is 2.38. The van der Waals surface area contributed by atoms with Crippen LogP contribution in [0.2, 0.25) is 0 Å². The lowest BCUT2D eigenvalue weighted by atomic mass is 9.93. The van der Waals surface area contributed by atoms with Crippen LogP contribution in [0.1, 0.15) is 29.5 Å². The number of nitrogens with one attached hydrogen (secondary N) is 1. The molecule has 2 N–H and O–H groups in total. The molecule has 1 heterocycles. The van der Waals surface area contributed by atoms with Crippen LogP contribution in [-0.2, 0) is 14.8 Å². The molecule has 6 heteroatoms. The second-order valence-electron chi connectivity index (χ2n) is 5.88. The van der Waals surface area contributed by atoms with Crippen LogP contribution in [0.5, 0.6) is 0 Å². The molecule has 1 aliphatic heterocycles. The summed E-state index contributed by atoms with van der Waals surface area (Å²) in [5.41, 5.74) is 1.66. The zero-order valence-corrected chi connectivity index (χ0v) is 13.6. The average molecular weight is 313 g/mol. The van der Waals surface area contributed by atoms with Gasteiger partial charge in [-0.25, -0.2) is 13.1 Å². The fourth-order valence-corrected chi connectivity index (χ4v) is 4.89. The van der Waals surface area contributed by atoms with Gasteiger partial charge in [0, 0.05) is 13.2 Å². The molecule has 21 heavy (non-hydrogen) atoms. The van der Waals surface area contributed by atoms with Crippen LogP contribution in [-0.4, -0.2) is 38.9 Å². The van der Waals surface area contributed by atoms with Gasteiger partial charge in [0.1, 0.15) is 0 Å². The molecule has 118 valence electrons. The molecule has 1 saturated heterocycles. The van der Waals surface area contributed by atoms with Gasteiger partial charge in [0.2, 0.25) is 10.0 Å². The zero-order chi connectivity index (χ0) is 15.7. The molecule has 1 fully saturated rings. The van der Waals surface area contributed by atoms with Crippen molar-refractivity contribution in [2.75, 3.05) is 19.8 Å². The molecule has 0 aromatic heterocycles. The molecule has 1 aromatic rings. The molecule has 1 aromatic carbocycles. The van der Waals surface area contributed by atoms with E-state index in [0.29, 0.717) is 31.0 Å². The van der Waals surface area contributed by atoms with E-state index in [1.165, 1.54) is 0 Å². The number of hydrogen-bond acceptors (Lipinski definition) is 4. The lowest BCUT2D eigenvalue weighted by Gasteiger charge is -2.36. The summed E-state index contributed by atoms with van der Waals surface area (Å²) in [5.74, 6) is 0. The molecule has 0 spiro atoms. The largest absolute Gasteiger partial charge is 0.394 e. The number of aryl methyl sites for hydroxylation is 3. The van der Waals surface area contributed by atoms with Gasteiger partial charge in [-0.2, -0.15) is 0 Å². The summed E-state index contributed by atoms with van der Waals surface area (Å²) in [5, 5.41) is 9.65. The number of aliphatic hydroxyl groups excluding tert-OH is 1. The number of rotatable bonds is 4. The van der Waals surface area contributed by atoms with Gasteiger partial charge in [-0.1, -0.05) is 17.7 Å². The number of sulfonamides is 1. The first kappa shape index (κ1) is 16.4. The van der Waals surface area contributed by atoms with E-state index in [4.69, 9.17) is 4.74 Å². The van der Waals surface area contributed by atoms with Gasteiger partial charge < -0.3 is 9.84 Å². The average Bonchev–Trinajstić information content (AvgIpc) is 2.37. The second kappa shape index (κ2) is 6.04. The number of hydrogen-bond donors (Lipinski definition) is 2. The quantitative estimate of drug-likeness (QED) is 0.882. The van der Waals surface area contributed by atoms with Gasteiger partial charge in [0.25, 0.3) is 0 Å².